The smallest absolute Gasteiger partial charge is 0.108 e. The van der Waals surface area contributed by atoms with E-state index in [1.54, 1.807) is 0 Å². The van der Waals surface area contributed by atoms with E-state index in [9.17, 15) is 0 Å². The number of rotatable bonds is 6. The number of ether oxygens (including phenoxy) is 2. The molecule has 1 heterocycles. The van der Waals surface area contributed by atoms with E-state index in [0.717, 1.165) is 37.7 Å². The molecule has 1 aliphatic carbocycles. The minimum absolute atomic E-state index is 0.229. The maximum atomic E-state index is 5.48. The molecule has 26 heavy (non-hydrogen) atoms. The van der Waals surface area contributed by atoms with E-state index < -0.39 is 0 Å². The molecule has 1 aromatic rings. The van der Waals surface area contributed by atoms with Crippen molar-refractivity contribution in [3.05, 3.63) is 29.8 Å². The average Bonchev–Trinajstić information content (AvgIpc) is 2.62. The van der Waals surface area contributed by atoms with Crippen LogP contribution < -0.4 is 4.90 Å². The van der Waals surface area contributed by atoms with Crippen molar-refractivity contribution in [3.63, 3.8) is 0 Å². The first kappa shape index (κ1) is 19.2. The molecule has 0 bridgehead atoms. The van der Waals surface area contributed by atoms with Crippen LogP contribution in [0.4, 0.5) is 5.69 Å². The summed E-state index contributed by atoms with van der Waals surface area (Å²) in [7, 11) is 1.83. The summed E-state index contributed by atoms with van der Waals surface area (Å²) in [6.45, 7) is 10.3. The third-order valence-electron chi connectivity index (χ3n) is 5.35. The van der Waals surface area contributed by atoms with Crippen LogP contribution in [-0.4, -0.2) is 63.5 Å². The summed E-state index contributed by atoms with van der Waals surface area (Å²) < 4.78 is 10.9. The molecule has 1 saturated carbocycles. The molecule has 0 unspecified atom stereocenters. The van der Waals surface area contributed by atoms with Crippen molar-refractivity contribution < 1.29 is 9.47 Å². The SMILES string of the molecule is COC1CC(CN2CCN(c3cccc(C#CCOC(C)C)c3)CC2)C1. The molecule has 0 aromatic heterocycles. The zero-order valence-electron chi connectivity index (χ0n) is 16.4. The summed E-state index contributed by atoms with van der Waals surface area (Å²) in [6, 6.07) is 8.58. The Balaban J connectivity index is 1.46. The highest BCUT2D eigenvalue weighted by Crippen LogP contribution is 2.30. The summed E-state index contributed by atoms with van der Waals surface area (Å²) in [5, 5.41) is 0. The molecule has 0 radical (unpaired) electrons. The summed E-state index contributed by atoms with van der Waals surface area (Å²) in [6.07, 6.45) is 3.21. The van der Waals surface area contributed by atoms with Crippen molar-refractivity contribution in [1.82, 2.24) is 4.90 Å². The van der Waals surface area contributed by atoms with Gasteiger partial charge in [-0.25, -0.2) is 0 Å². The first-order valence-electron chi connectivity index (χ1n) is 9.84. The number of piperazine rings is 1. The molecule has 0 atom stereocenters. The fraction of sp³-hybridized carbons (Fsp3) is 0.636. The molecule has 0 N–H and O–H groups in total. The lowest BCUT2D eigenvalue weighted by Crippen LogP contribution is -2.49. The Morgan fingerprint density at radius 3 is 2.62 bits per heavy atom. The van der Waals surface area contributed by atoms with Crippen molar-refractivity contribution in [2.75, 3.05) is 51.3 Å². The first-order valence-corrected chi connectivity index (χ1v) is 9.84. The van der Waals surface area contributed by atoms with Crippen molar-refractivity contribution in [1.29, 1.82) is 0 Å². The van der Waals surface area contributed by atoms with Gasteiger partial charge in [0.2, 0.25) is 0 Å². The second-order valence-electron chi connectivity index (χ2n) is 7.69. The summed E-state index contributed by atoms with van der Waals surface area (Å²) in [4.78, 5) is 5.09. The summed E-state index contributed by atoms with van der Waals surface area (Å²) in [5.74, 6) is 7.15. The maximum absolute atomic E-state index is 5.48. The van der Waals surface area contributed by atoms with Gasteiger partial charge in [-0.3, -0.25) is 4.90 Å². The normalized spacial score (nSPS) is 23.5. The Hall–Kier alpha value is -1.54. The maximum Gasteiger partial charge on any atom is 0.108 e. The van der Waals surface area contributed by atoms with Gasteiger partial charge in [0.05, 0.1) is 12.2 Å². The van der Waals surface area contributed by atoms with E-state index in [1.165, 1.54) is 25.1 Å². The molecule has 2 fully saturated rings. The number of nitrogens with zero attached hydrogens (tertiary/aromatic N) is 2. The van der Waals surface area contributed by atoms with Gasteiger partial charge in [-0.1, -0.05) is 17.9 Å². The van der Waals surface area contributed by atoms with Crippen molar-refractivity contribution in [3.8, 4) is 11.8 Å². The lowest BCUT2D eigenvalue weighted by Gasteiger charge is -2.41. The van der Waals surface area contributed by atoms with E-state index in [2.05, 4.69) is 45.9 Å². The number of anilines is 1. The third-order valence-corrected chi connectivity index (χ3v) is 5.35. The molecule has 2 aliphatic rings. The molecule has 0 spiro atoms. The van der Waals surface area contributed by atoms with Crippen LogP contribution in [0.2, 0.25) is 0 Å². The molecule has 3 rings (SSSR count). The monoisotopic (exact) mass is 356 g/mol. The third kappa shape index (κ3) is 5.48. The van der Waals surface area contributed by atoms with Gasteiger partial charge in [0, 0.05) is 51.1 Å². The number of benzene rings is 1. The van der Waals surface area contributed by atoms with Gasteiger partial charge in [0.15, 0.2) is 0 Å². The standard InChI is InChI=1S/C22H32N2O2/c1-18(2)26-13-5-7-19-6-4-8-21(14-19)24-11-9-23(10-12-24)17-20-15-22(16-20)25-3/h4,6,8,14,18,20,22H,9-13,15-17H2,1-3H3. The summed E-state index contributed by atoms with van der Waals surface area (Å²) >= 11 is 0. The van der Waals surface area contributed by atoms with E-state index in [0.29, 0.717) is 12.7 Å². The predicted octanol–water partition coefficient (Wildman–Crippen LogP) is 3.01. The van der Waals surface area contributed by atoms with Crippen LogP contribution >= 0.6 is 0 Å². The van der Waals surface area contributed by atoms with E-state index in [1.807, 2.05) is 21.0 Å². The fourth-order valence-corrected chi connectivity index (χ4v) is 3.70. The fourth-order valence-electron chi connectivity index (χ4n) is 3.70. The van der Waals surface area contributed by atoms with Crippen LogP contribution in [0.5, 0.6) is 0 Å². The molecule has 1 aromatic carbocycles. The highest BCUT2D eigenvalue weighted by atomic mass is 16.5. The van der Waals surface area contributed by atoms with Gasteiger partial charge in [0.25, 0.3) is 0 Å². The molecule has 1 aliphatic heterocycles. The lowest BCUT2D eigenvalue weighted by molar-refractivity contribution is -0.0113. The van der Waals surface area contributed by atoms with Crippen LogP contribution in [0.25, 0.3) is 0 Å². The molecule has 142 valence electrons. The van der Waals surface area contributed by atoms with Crippen LogP contribution in [0.3, 0.4) is 0 Å². The second-order valence-corrected chi connectivity index (χ2v) is 7.69. The Morgan fingerprint density at radius 1 is 1.15 bits per heavy atom. The van der Waals surface area contributed by atoms with Crippen LogP contribution in [0, 0.1) is 17.8 Å². The topological polar surface area (TPSA) is 24.9 Å². The first-order chi connectivity index (χ1) is 12.6. The zero-order valence-corrected chi connectivity index (χ0v) is 16.4. The number of hydrogen-bond donors (Lipinski definition) is 0. The molecular formula is C22H32N2O2. The Morgan fingerprint density at radius 2 is 1.92 bits per heavy atom. The molecular weight excluding hydrogens is 324 g/mol. The van der Waals surface area contributed by atoms with E-state index >= 15 is 0 Å². The minimum atomic E-state index is 0.229. The van der Waals surface area contributed by atoms with Crippen LogP contribution in [-0.2, 0) is 9.47 Å². The number of hydrogen-bond acceptors (Lipinski definition) is 4. The van der Waals surface area contributed by atoms with Crippen LogP contribution in [0.1, 0.15) is 32.3 Å². The lowest BCUT2D eigenvalue weighted by atomic mass is 9.82. The minimum Gasteiger partial charge on any atom is -0.381 e. The van der Waals surface area contributed by atoms with Gasteiger partial charge in [-0.05, 0) is 50.8 Å². The Kier molecular flexibility index (Phi) is 6.96. The van der Waals surface area contributed by atoms with Gasteiger partial charge >= 0.3 is 0 Å². The van der Waals surface area contributed by atoms with Gasteiger partial charge in [-0.2, -0.15) is 0 Å². The average molecular weight is 357 g/mol. The van der Waals surface area contributed by atoms with E-state index in [4.69, 9.17) is 9.47 Å². The highest BCUT2D eigenvalue weighted by Gasteiger charge is 2.31. The predicted molar refractivity (Wildman–Crippen MR) is 107 cm³/mol. The molecule has 1 saturated heterocycles. The van der Waals surface area contributed by atoms with Gasteiger partial charge in [0.1, 0.15) is 6.61 Å². The van der Waals surface area contributed by atoms with E-state index in [-0.39, 0.29) is 6.10 Å². The molecule has 4 heteroatoms. The molecule has 0 amide bonds. The Bertz CT molecular complexity index is 621. The number of methoxy groups -OCH3 is 1. The highest BCUT2D eigenvalue weighted by molar-refractivity contribution is 5.53. The summed E-state index contributed by atoms with van der Waals surface area (Å²) in [5.41, 5.74) is 2.35. The van der Waals surface area contributed by atoms with Gasteiger partial charge in [-0.15, -0.1) is 0 Å². The van der Waals surface area contributed by atoms with Crippen molar-refractivity contribution in [2.45, 2.75) is 38.9 Å². The van der Waals surface area contributed by atoms with Crippen molar-refractivity contribution in [2.24, 2.45) is 5.92 Å². The second kappa shape index (κ2) is 9.41. The van der Waals surface area contributed by atoms with Crippen LogP contribution in [0.15, 0.2) is 24.3 Å². The van der Waals surface area contributed by atoms with Gasteiger partial charge < -0.3 is 14.4 Å². The zero-order chi connectivity index (χ0) is 18.4. The Labute approximate surface area is 158 Å². The van der Waals surface area contributed by atoms with Crippen molar-refractivity contribution >= 4 is 5.69 Å². The quantitative estimate of drug-likeness (QED) is 0.732. The molecule has 4 nitrogen and oxygen atoms in total. The largest absolute Gasteiger partial charge is 0.381 e.